The number of aromatic nitrogens is 6. The molecule has 0 fully saturated rings. The molecule has 3 heterocycles. The highest BCUT2D eigenvalue weighted by Crippen LogP contribution is 2.33. The summed E-state index contributed by atoms with van der Waals surface area (Å²) in [5.74, 6) is 1.16. The molecule has 0 atom stereocenters. The Morgan fingerprint density at radius 3 is 2.17 bits per heavy atom. The van der Waals surface area contributed by atoms with E-state index in [9.17, 15) is 0 Å². The Labute approximate surface area is 139 Å². The lowest BCUT2D eigenvalue weighted by atomic mass is 10.3. The monoisotopic (exact) mass is 329 g/mol. The molecule has 126 valence electrons. The molecule has 0 unspecified atom stereocenters. The van der Waals surface area contributed by atoms with Gasteiger partial charge >= 0.3 is 0 Å². The van der Waals surface area contributed by atoms with Crippen LogP contribution in [-0.2, 0) is 0 Å². The van der Waals surface area contributed by atoms with Gasteiger partial charge in [0.2, 0.25) is 17.7 Å². The molecule has 0 bridgehead atoms. The van der Waals surface area contributed by atoms with E-state index in [4.69, 9.17) is 15.2 Å². The molecule has 9 heteroatoms. The molecule has 3 aromatic heterocycles. The summed E-state index contributed by atoms with van der Waals surface area (Å²) in [4.78, 5) is 12.4. The summed E-state index contributed by atoms with van der Waals surface area (Å²) in [6.07, 6.45) is 2.99. The Balaban J connectivity index is 0.00000100. The van der Waals surface area contributed by atoms with Gasteiger partial charge in [0.05, 0.1) is 14.2 Å². The first kappa shape index (κ1) is 17.1. The fourth-order valence-electron chi connectivity index (χ4n) is 2.02. The highest BCUT2D eigenvalue weighted by Gasteiger charge is 2.23. The van der Waals surface area contributed by atoms with Gasteiger partial charge in [-0.1, -0.05) is 19.9 Å². The highest BCUT2D eigenvalue weighted by molar-refractivity contribution is 5.62. The topological polar surface area (TPSA) is 114 Å². The van der Waals surface area contributed by atoms with Gasteiger partial charge < -0.3 is 15.2 Å². The van der Waals surface area contributed by atoms with Crippen molar-refractivity contribution in [1.29, 1.82) is 0 Å². The maximum Gasteiger partial charge on any atom is 0.245 e. The maximum atomic E-state index is 5.95. The third-order valence-electron chi connectivity index (χ3n) is 2.95. The normalized spacial score (nSPS) is 9.83. The number of rotatable bonds is 4. The first-order chi connectivity index (χ1) is 11.8. The molecule has 3 aromatic rings. The number of nitrogens with two attached hydrogens (primary N) is 1. The Morgan fingerprint density at radius 2 is 1.62 bits per heavy atom. The molecular formula is C15H19N7O2. The van der Waals surface area contributed by atoms with Crippen LogP contribution in [0.5, 0.6) is 11.8 Å². The minimum absolute atomic E-state index is 0.145. The van der Waals surface area contributed by atoms with E-state index >= 15 is 0 Å². The molecule has 0 aliphatic carbocycles. The lowest BCUT2D eigenvalue weighted by Gasteiger charge is -2.13. The van der Waals surface area contributed by atoms with Gasteiger partial charge in [0.25, 0.3) is 0 Å². The molecule has 0 amide bonds. The molecule has 0 spiro atoms. The molecule has 0 saturated carbocycles. The predicted octanol–water partition coefficient (Wildman–Crippen LogP) is 1.74. The molecule has 2 N–H and O–H groups in total. The number of methoxy groups -OCH3 is 2. The largest absolute Gasteiger partial charge is 0.479 e. The fourth-order valence-corrected chi connectivity index (χ4v) is 2.02. The van der Waals surface area contributed by atoms with Crippen molar-refractivity contribution in [1.82, 2.24) is 29.7 Å². The minimum Gasteiger partial charge on any atom is -0.479 e. The van der Waals surface area contributed by atoms with E-state index in [1.807, 2.05) is 19.9 Å². The van der Waals surface area contributed by atoms with Crippen LogP contribution in [0.15, 0.2) is 30.7 Å². The summed E-state index contributed by atoms with van der Waals surface area (Å²) in [7, 11) is 2.98. The first-order valence-electron chi connectivity index (χ1n) is 7.32. The predicted molar refractivity (Wildman–Crippen MR) is 89.0 cm³/mol. The van der Waals surface area contributed by atoms with Crippen molar-refractivity contribution in [3.63, 3.8) is 0 Å². The lowest BCUT2D eigenvalue weighted by molar-refractivity contribution is 0.368. The number of hydrogen-bond acceptors (Lipinski definition) is 8. The van der Waals surface area contributed by atoms with Crippen molar-refractivity contribution in [2.45, 2.75) is 13.8 Å². The van der Waals surface area contributed by atoms with E-state index in [2.05, 4.69) is 25.1 Å². The van der Waals surface area contributed by atoms with Crippen LogP contribution < -0.4 is 15.2 Å². The Bertz CT molecular complexity index is 768. The van der Waals surface area contributed by atoms with Gasteiger partial charge in [-0.3, -0.25) is 4.98 Å². The molecule has 3 rings (SSSR count). The van der Waals surface area contributed by atoms with Crippen LogP contribution >= 0.6 is 0 Å². The molecule has 0 aromatic carbocycles. The van der Waals surface area contributed by atoms with Gasteiger partial charge in [0.1, 0.15) is 12.0 Å². The summed E-state index contributed by atoms with van der Waals surface area (Å²) in [6.45, 7) is 4.00. The standard InChI is InChI=1S/C13H13N7O2.C2H6/c1-21-11-9(12(22-2)17-7-16-11)20-10(18-19-13(20)14)8-5-3-4-6-15-8;1-2/h3-7H,1-2H3,(H2,14,19);1-2H3. The zero-order valence-electron chi connectivity index (χ0n) is 14.0. The van der Waals surface area contributed by atoms with Crippen LogP contribution in [0.25, 0.3) is 17.2 Å². The minimum atomic E-state index is 0.145. The van der Waals surface area contributed by atoms with Gasteiger partial charge in [0.15, 0.2) is 11.5 Å². The average Bonchev–Trinajstić information content (AvgIpc) is 3.04. The molecule has 0 aliphatic rings. The van der Waals surface area contributed by atoms with Crippen LogP contribution in [-0.4, -0.2) is 43.9 Å². The summed E-state index contributed by atoms with van der Waals surface area (Å²) in [5, 5.41) is 7.98. The zero-order chi connectivity index (χ0) is 17.5. The van der Waals surface area contributed by atoms with Crippen LogP contribution in [0, 0.1) is 0 Å². The summed E-state index contributed by atoms with van der Waals surface area (Å²) in [6, 6.07) is 5.44. The summed E-state index contributed by atoms with van der Waals surface area (Å²) >= 11 is 0. The van der Waals surface area contributed by atoms with E-state index in [-0.39, 0.29) is 17.7 Å². The fraction of sp³-hybridized carbons (Fsp3) is 0.267. The quantitative estimate of drug-likeness (QED) is 0.770. The van der Waals surface area contributed by atoms with E-state index in [1.54, 1.807) is 22.9 Å². The van der Waals surface area contributed by atoms with Crippen molar-refractivity contribution in [3.8, 4) is 29.0 Å². The molecule has 0 aliphatic heterocycles. The Hall–Kier alpha value is -3.23. The van der Waals surface area contributed by atoms with Gasteiger partial charge in [-0.2, -0.15) is 9.97 Å². The van der Waals surface area contributed by atoms with Gasteiger partial charge in [-0.25, -0.2) is 4.57 Å². The molecule has 0 saturated heterocycles. The SMILES string of the molecule is CC.COc1ncnc(OC)c1-n1c(N)nnc1-c1ccccn1. The molecule has 24 heavy (non-hydrogen) atoms. The number of ether oxygens (including phenoxy) is 2. The molecule has 9 nitrogen and oxygen atoms in total. The van der Waals surface area contributed by atoms with Crippen molar-refractivity contribution in [3.05, 3.63) is 30.7 Å². The highest BCUT2D eigenvalue weighted by atomic mass is 16.5. The van der Waals surface area contributed by atoms with Gasteiger partial charge in [-0.15, -0.1) is 10.2 Å². The van der Waals surface area contributed by atoms with Crippen molar-refractivity contribution >= 4 is 5.95 Å². The number of anilines is 1. The number of nitrogen functional groups attached to an aromatic ring is 1. The van der Waals surface area contributed by atoms with Crippen LogP contribution in [0.4, 0.5) is 5.95 Å². The van der Waals surface area contributed by atoms with Gasteiger partial charge in [0, 0.05) is 6.20 Å². The molecule has 0 radical (unpaired) electrons. The van der Waals surface area contributed by atoms with Crippen LogP contribution in [0.3, 0.4) is 0 Å². The van der Waals surface area contributed by atoms with E-state index in [1.165, 1.54) is 20.5 Å². The Kier molecular flexibility index (Phi) is 5.61. The van der Waals surface area contributed by atoms with Crippen LogP contribution in [0.2, 0.25) is 0 Å². The van der Waals surface area contributed by atoms with Gasteiger partial charge in [-0.05, 0) is 12.1 Å². The lowest BCUT2D eigenvalue weighted by Crippen LogP contribution is -2.09. The van der Waals surface area contributed by atoms with Crippen LogP contribution in [0.1, 0.15) is 13.8 Å². The number of pyridine rings is 1. The Morgan fingerprint density at radius 1 is 0.958 bits per heavy atom. The summed E-state index contributed by atoms with van der Waals surface area (Å²) < 4.78 is 12.1. The van der Waals surface area contributed by atoms with Crippen molar-refractivity contribution in [2.24, 2.45) is 0 Å². The second-order valence-corrected chi connectivity index (χ2v) is 4.17. The molecular weight excluding hydrogens is 310 g/mol. The number of hydrogen-bond donors (Lipinski definition) is 1. The van der Waals surface area contributed by atoms with E-state index in [0.717, 1.165) is 0 Å². The average molecular weight is 329 g/mol. The van der Waals surface area contributed by atoms with Crippen molar-refractivity contribution in [2.75, 3.05) is 20.0 Å². The summed E-state index contributed by atoms with van der Waals surface area (Å²) in [5.41, 5.74) is 6.96. The maximum absolute atomic E-state index is 5.95. The smallest absolute Gasteiger partial charge is 0.245 e. The first-order valence-corrected chi connectivity index (χ1v) is 7.32. The zero-order valence-corrected chi connectivity index (χ0v) is 14.0. The second kappa shape index (κ2) is 7.86. The van der Waals surface area contributed by atoms with Crippen molar-refractivity contribution < 1.29 is 9.47 Å². The van der Waals surface area contributed by atoms with E-state index < -0.39 is 0 Å². The number of nitrogens with zero attached hydrogens (tertiary/aromatic N) is 6. The third kappa shape index (κ3) is 3.09. The second-order valence-electron chi connectivity index (χ2n) is 4.17. The van der Waals surface area contributed by atoms with E-state index in [0.29, 0.717) is 17.2 Å². The third-order valence-corrected chi connectivity index (χ3v) is 2.95.